The minimum atomic E-state index is -0.678. The highest BCUT2D eigenvalue weighted by atomic mass is 35.5. The van der Waals surface area contributed by atoms with Crippen LogP contribution in [0.1, 0.15) is 17.5 Å². The predicted octanol–water partition coefficient (Wildman–Crippen LogP) is 1.78. The molecule has 0 spiro atoms. The van der Waals surface area contributed by atoms with E-state index >= 15 is 0 Å². The van der Waals surface area contributed by atoms with E-state index in [9.17, 15) is 9.59 Å². The van der Waals surface area contributed by atoms with Crippen molar-refractivity contribution in [1.82, 2.24) is 5.32 Å². The molecule has 1 aromatic carbocycles. The molecule has 2 N–H and O–H groups in total. The summed E-state index contributed by atoms with van der Waals surface area (Å²) in [6.07, 6.45) is 3.51. The molecule has 0 bridgehead atoms. The van der Waals surface area contributed by atoms with Crippen LogP contribution in [0.3, 0.4) is 0 Å². The first kappa shape index (κ1) is 15.2. The van der Waals surface area contributed by atoms with Crippen molar-refractivity contribution in [2.24, 2.45) is 0 Å². The number of piperidine rings is 1. The van der Waals surface area contributed by atoms with Crippen LogP contribution < -0.4 is 9.88 Å². The van der Waals surface area contributed by atoms with E-state index in [0.29, 0.717) is 5.02 Å². The van der Waals surface area contributed by atoms with Crippen molar-refractivity contribution in [3.05, 3.63) is 71.0 Å². The Morgan fingerprint density at radius 1 is 1.09 bits per heavy atom. The number of pyridine rings is 1. The van der Waals surface area contributed by atoms with E-state index in [0.717, 1.165) is 5.56 Å². The minimum Gasteiger partial charge on any atom is -0.286 e. The molecule has 2 aromatic rings. The summed E-state index contributed by atoms with van der Waals surface area (Å²) in [5.74, 6) is 0.597. The minimum absolute atomic E-state index is 0.119. The Hall–Kier alpha value is -2.75. The van der Waals surface area contributed by atoms with E-state index in [-0.39, 0.29) is 5.57 Å². The van der Waals surface area contributed by atoms with Crippen molar-refractivity contribution in [3.63, 3.8) is 0 Å². The molecule has 1 saturated heterocycles. The lowest BCUT2D eigenvalue weighted by molar-refractivity contribution is -0.711. The number of amides is 2. The second kappa shape index (κ2) is 6.16. The van der Waals surface area contributed by atoms with Crippen LogP contribution in [0.4, 0.5) is 0 Å². The van der Waals surface area contributed by atoms with Gasteiger partial charge in [0, 0.05) is 17.2 Å². The van der Waals surface area contributed by atoms with Gasteiger partial charge in [0.25, 0.3) is 11.8 Å². The van der Waals surface area contributed by atoms with Crippen LogP contribution in [0.5, 0.6) is 0 Å². The maximum absolute atomic E-state index is 12.4. The van der Waals surface area contributed by atoms with Gasteiger partial charge in [-0.2, -0.15) is 4.57 Å². The van der Waals surface area contributed by atoms with Crippen LogP contribution in [0.15, 0.2) is 60.4 Å². The van der Waals surface area contributed by atoms with E-state index in [1.165, 1.54) is 0 Å². The highest BCUT2D eigenvalue weighted by Gasteiger charge is 2.47. The largest absolute Gasteiger partial charge is 0.296 e. The summed E-state index contributed by atoms with van der Waals surface area (Å²) in [6.45, 7) is 0. The second-order valence-electron chi connectivity index (χ2n) is 5.15. The van der Waals surface area contributed by atoms with E-state index in [1.807, 2.05) is 6.07 Å². The summed E-state index contributed by atoms with van der Waals surface area (Å²) in [7, 11) is 0. The highest BCUT2D eigenvalue weighted by Crippen LogP contribution is 2.35. The molecule has 23 heavy (non-hydrogen) atoms. The molecule has 6 heteroatoms. The molecular weight excluding hydrogens is 314 g/mol. The van der Waals surface area contributed by atoms with Crippen LogP contribution in [0, 0.1) is 5.41 Å². The molecule has 0 aliphatic carbocycles. The van der Waals surface area contributed by atoms with Gasteiger partial charge < -0.3 is 0 Å². The molecule has 2 heterocycles. The first-order chi connectivity index (χ1) is 11.1. The van der Waals surface area contributed by atoms with Gasteiger partial charge in [-0.05, 0) is 23.6 Å². The number of benzene rings is 1. The van der Waals surface area contributed by atoms with Gasteiger partial charge in [-0.1, -0.05) is 29.8 Å². The molecule has 1 aromatic heterocycles. The smallest absolute Gasteiger partial charge is 0.286 e. The number of carbonyl (C=O) groups is 2. The van der Waals surface area contributed by atoms with Gasteiger partial charge in [0.05, 0.1) is 11.5 Å². The summed E-state index contributed by atoms with van der Waals surface area (Å²) in [5.41, 5.74) is 0.849. The maximum Gasteiger partial charge on any atom is 0.296 e. The average molecular weight is 327 g/mol. The molecule has 1 fully saturated rings. The fourth-order valence-corrected chi connectivity index (χ4v) is 2.89. The van der Waals surface area contributed by atoms with Crippen molar-refractivity contribution < 1.29 is 14.2 Å². The van der Waals surface area contributed by atoms with Gasteiger partial charge in [0.1, 0.15) is 0 Å². The molecule has 2 unspecified atom stereocenters. The number of nitrogens with one attached hydrogen (secondary N) is 2. The zero-order valence-electron chi connectivity index (χ0n) is 12.0. The van der Waals surface area contributed by atoms with Crippen LogP contribution in [-0.4, -0.2) is 17.7 Å². The number of aromatic nitrogens is 1. The van der Waals surface area contributed by atoms with Crippen molar-refractivity contribution in [1.29, 1.82) is 5.41 Å². The van der Waals surface area contributed by atoms with Gasteiger partial charge >= 0.3 is 0 Å². The van der Waals surface area contributed by atoms with Crippen molar-refractivity contribution in [2.75, 3.05) is 0 Å². The first-order valence-electron chi connectivity index (χ1n) is 6.98. The van der Waals surface area contributed by atoms with Crippen molar-refractivity contribution in [3.8, 4) is 0 Å². The molecule has 5 nitrogen and oxygen atoms in total. The molecule has 0 radical (unpaired) electrons. The van der Waals surface area contributed by atoms with Crippen molar-refractivity contribution in [2.45, 2.75) is 12.0 Å². The number of halogens is 1. The SMILES string of the molecule is N=C=C1C(=O)NC(=O)C([n+]2ccccc2)C1c1ccc(Cl)cc1. The Morgan fingerprint density at radius 2 is 1.74 bits per heavy atom. The Kier molecular flexibility index (Phi) is 4.06. The van der Waals surface area contributed by atoms with E-state index in [1.54, 1.807) is 53.4 Å². The van der Waals surface area contributed by atoms with Crippen LogP contribution >= 0.6 is 11.6 Å². The summed E-state index contributed by atoms with van der Waals surface area (Å²) in [5, 5.41) is 10.3. The summed E-state index contributed by atoms with van der Waals surface area (Å²) in [4.78, 5) is 24.5. The number of imide groups is 1. The monoisotopic (exact) mass is 326 g/mol. The van der Waals surface area contributed by atoms with Crippen LogP contribution in [0.2, 0.25) is 5.02 Å². The second-order valence-corrected chi connectivity index (χ2v) is 5.59. The third-order valence-corrected chi connectivity index (χ3v) is 4.05. The van der Waals surface area contributed by atoms with Gasteiger partial charge in [-0.25, -0.2) is 0 Å². The lowest BCUT2D eigenvalue weighted by Crippen LogP contribution is -2.57. The van der Waals surface area contributed by atoms with E-state index in [4.69, 9.17) is 17.0 Å². The standard InChI is InChI=1S/C17H12ClN3O2/c18-12-6-4-11(5-7-12)14-13(10-19)16(22)20-17(23)15(14)21-8-2-1-3-9-21/h1-9,14-15,19H/p+1. The zero-order chi connectivity index (χ0) is 16.4. The number of nitrogens with zero attached hydrogens (tertiary/aromatic N) is 1. The Balaban J connectivity index is 2.17. The molecule has 1 aliphatic heterocycles. The van der Waals surface area contributed by atoms with Gasteiger partial charge in [-0.15, -0.1) is 0 Å². The Bertz CT molecular complexity index is 811. The van der Waals surface area contributed by atoms with Crippen molar-refractivity contribution >= 4 is 29.3 Å². The number of carbonyl (C=O) groups excluding carboxylic acids is 2. The highest BCUT2D eigenvalue weighted by molar-refractivity contribution is 6.30. The molecule has 1 aliphatic rings. The zero-order valence-corrected chi connectivity index (χ0v) is 12.7. The number of rotatable bonds is 2. The fourth-order valence-electron chi connectivity index (χ4n) is 2.76. The molecule has 2 amide bonds. The van der Waals surface area contributed by atoms with Crippen LogP contribution in [-0.2, 0) is 9.59 Å². The average Bonchev–Trinajstić information content (AvgIpc) is 2.56. The summed E-state index contributed by atoms with van der Waals surface area (Å²) in [6, 6.07) is 11.7. The van der Waals surface area contributed by atoms with Crippen LogP contribution in [0.25, 0.3) is 0 Å². The fraction of sp³-hybridized carbons (Fsp3) is 0.118. The van der Waals surface area contributed by atoms with Gasteiger partial charge in [0.2, 0.25) is 6.04 Å². The Labute approximate surface area is 137 Å². The Morgan fingerprint density at radius 3 is 2.35 bits per heavy atom. The van der Waals surface area contributed by atoms with Gasteiger partial charge in [-0.3, -0.25) is 20.3 Å². The molecule has 2 atom stereocenters. The quantitative estimate of drug-likeness (QED) is 0.382. The molecular formula is C17H13ClN3O2+. The van der Waals surface area contributed by atoms with Gasteiger partial charge in [0.15, 0.2) is 12.4 Å². The predicted molar refractivity (Wildman–Crippen MR) is 84.3 cm³/mol. The maximum atomic E-state index is 12.4. The van der Waals surface area contributed by atoms with E-state index in [2.05, 4.69) is 11.2 Å². The third kappa shape index (κ3) is 2.80. The lowest BCUT2D eigenvalue weighted by Gasteiger charge is -2.27. The molecule has 114 valence electrons. The first-order valence-corrected chi connectivity index (χ1v) is 7.35. The molecule has 3 rings (SSSR count). The molecule has 0 saturated carbocycles. The number of hydrogen-bond acceptors (Lipinski definition) is 3. The summed E-state index contributed by atoms with van der Waals surface area (Å²) < 4.78 is 1.72. The van der Waals surface area contributed by atoms with E-state index < -0.39 is 23.8 Å². The number of hydrogen-bond donors (Lipinski definition) is 2. The normalized spacial score (nSPS) is 20.8. The topological polar surface area (TPSA) is 73.9 Å². The third-order valence-electron chi connectivity index (χ3n) is 3.80. The summed E-state index contributed by atoms with van der Waals surface area (Å²) >= 11 is 5.92. The lowest BCUT2D eigenvalue weighted by atomic mass is 9.81.